The van der Waals surface area contributed by atoms with E-state index >= 15 is 0 Å². The van der Waals surface area contributed by atoms with Gasteiger partial charge in [0.05, 0.1) is 12.3 Å². The molecule has 0 aromatic carbocycles. The Morgan fingerprint density at radius 1 is 1.25 bits per heavy atom. The summed E-state index contributed by atoms with van der Waals surface area (Å²) in [7, 11) is 0. The van der Waals surface area contributed by atoms with E-state index in [9.17, 15) is 0 Å². The molecule has 24 heavy (non-hydrogen) atoms. The molecule has 1 aliphatic heterocycles. The first-order valence-electron chi connectivity index (χ1n) is 9.61. The zero-order valence-electron chi connectivity index (χ0n) is 14.4. The van der Waals surface area contributed by atoms with E-state index in [1.165, 1.54) is 44.9 Å². The molecule has 3 aliphatic rings. The molecule has 1 aromatic rings. The van der Waals surface area contributed by atoms with Crippen molar-refractivity contribution in [3.63, 3.8) is 0 Å². The third-order valence-electron chi connectivity index (χ3n) is 6.21. The minimum Gasteiger partial charge on any atom is -0.468 e. The molecule has 2 saturated carbocycles. The number of nitrogens with zero attached hydrogens (tertiary/aromatic N) is 1. The minimum atomic E-state index is 0.278. The molecule has 1 saturated heterocycles. The van der Waals surface area contributed by atoms with Crippen molar-refractivity contribution in [2.45, 2.75) is 57.0 Å². The maximum Gasteiger partial charge on any atom is 0.166 e. The summed E-state index contributed by atoms with van der Waals surface area (Å²) in [5.74, 6) is 2.84. The SMILES string of the molecule is S=C(NC[C@H](c1ccco1)N1CCCCC1)N[C@@H]1C[C@H]2CC[C@H]1C2. The molecule has 4 atom stereocenters. The highest BCUT2D eigenvalue weighted by molar-refractivity contribution is 7.80. The lowest BCUT2D eigenvalue weighted by Gasteiger charge is -2.34. The number of piperidine rings is 1. The lowest BCUT2D eigenvalue weighted by molar-refractivity contribution is 0.146. The summed E-state index contributed by atoms with van der Waals surface area (Å²) in [6, 6.07) is 4.95. The second kappa shape index (κ2) is 7.44. The van der Waals surface area contributed by atoms with Crippen LogP contribution in [0, 0.1) is 11.8 Å². The number of likely N-dealkylation sites (tertiary alicyclic amines) is 1. The van der Waals surface area contributed by atoms with Gasteiger partial charge in [0.1, 0.15) is 5.76 Å². The molecule has 0 amide bonds. The van der Waals surface area contributed by atoms with Gasteiger partial charge in [-0.05, 0) is 81.4 Å². The molecule has 0 radical (unpaired) electrons. The standard InChI is InChI=1S/C19H29N3OS/c24-19(21-16-12-14-6-7-15(16)11-14)20-13-17(18-5-4-10-23-18)22-8-2-1-3-9-22/h4-5,10,14-17H,1-3,6-9,11-13H2,(H2,20,21,24)/t14-,15-,16+,17+/m0/s1. The van der Waals surface area contributed by atoms with Crippen molar-refractivity contribution in [3.05, 3.63) is 24.2 Å². The summed E-state index contributed by atoms with van der Waals surface area (Å²) in [6.07, 6.45) is 11.2. The molecule has 5 heteroatoms. The molecule has 132 valence electrons. The number of hydrogen-bond donors (Lipinski definition) is 2. The van der Waals surface area contributed by atoms with Crippen molar-refractivity contribution in [1.29, 1.82) is 0 Å². The van der Waals surface area contributed by atoms with Gasteiger partial charge in [-0.2, -0.15) is 0 Å². The van der Waals surface area contributed by atoms with Crippen LogP contribution in [0.4, 0.5) is 0 Å². The van der Waals surface area contributed by atoms with Crippen molar-refractivity contribution in [3.8, 4) is 0 Å². The second-order valence-corrected chi connectivity index (χ2v) is 8.17. The first kappa shape index (κ1) is 16.4. The number of rotatable bonds is 5. The highest BCUT2D eigenvalue weighted by atomic mass is 32.1. The topological polar surface area (TPSA) is 40.4 Å². The summed E-state index contributed by atoms with van der Waals surface area (Å²) in [6.45, 7) is 3.12. The maximum absolute atomic E-state index is 5.71. The Bertz CT molecular complexity index is 541. The van der Waals surface area contributed by atoms with Gasteiger partial charge < -0.3 is 15.1 Å². The molecular formula is C19H29N3OS. The largest absolute Gasteiger partial charge is 0.468 e. The first-order valence-corrected chi connectivity index (χ1v) is 10.0. The monoisotopic (exact) mass is 347 g/mol. The van der Waals surface area contributed by atoms with E-state index in [2.05, 4.69) is 21.6 Å². The normalized spacial score (nSPS) is 31.1. The summed E-state index contributed by atoms with van der Waals surface area (Å²) in [4.78, 5) is 2.54. The molecule has 3 fully saturated rings. The van der Waals surface area contributed by atoms with Crippen molar-refractivity contribution in [1.82, 2.24) is 15.5 Å². The smallest absolute Gasteiger partial charge is 0.166 e. The average molecular weight is 348 g/mol. The Morgan fingerprint density at radius 3 is 2.79 bits per heavy atom. The fourth-order valence-electron chi connectivity index (χ4n) is 4.95. The third-order valence-corrected chi connectivity index (χ3v) is 6.48. The van der Waals surface area contributed by atoms with E-state index in [1.54, 1.807) is 6.26 Å². The van der Waals surface area contributed by atoms with Gasteiger partial charge in [0.2, 0.25) is 0 Å². The molecule has 0 spiro atoms. The third kappa shape index (κ3) is 3.62. The predicted octanol–water partition coefficient (Wildman–Crippen LogP) is 3.46. The second-order valence-electron chi connectivity index (χ2n) is 7.76. The van der Waals surface area contributed by atoms with Gasteiger partial charge in [-0.15, -0.1) is 0 Å². The molecule has 2 aliphatic carbocycles. The number of hydrogen-bond acceptors (Lipinski definition) is 3. The van der Waals surface area contributed by atoms with Crippen LogP contribution in [0.15, 0.2) is 22.8 Å². The highest BCUT2D eigenvalue weighted by Crippen LogP contribution is 2.44. The molecule has 4 nitrogen and oxygen atoms in total. The molecule has 0 unspecified atom stereocenters. The summed E-state index contributed by atoms with van der Waals surface area (Å²) < 4.78 is 5.71. The Hall–Kier alpha value is -1.07. The van der Waals surface area contributed by atoms with Gasteiger partial charge in [-0.1, -0.05) is 12.8 Å². The van der Waals surface area contributed by atoms with Crippen molar-refractivity contribution in [2.75, 3.05) is 19.6 Å². The van der Waals surface area contributed by atoms with Crippen molar-refractivity contribution in [2.24, 2.45) is 11.8 Å². The number of thiocarbonyl (C=S) groups is 1. The maximum atomic E-state index is 5.71. The lowest BCUT2D eigenvalue weighted by atomic mass is 9.95. The van der Waals surface area contributed by atoms with Crippen LogP contribution in [0.1, 0.15) is 56.7 Å². The number of nitrogens with one attached hydrogen (secondary N) is 2. The van der Waals surface area contributed by atoms with E-state index < -0.39 is 0 Å². The summed E-state index contributed by atoms with van der Waals surface area (Å²) in [5, 5.41) is 7.88. The highest BCUT2D eigenvalue weighted by Gasteiger charge is 2.39. The van der Waals surface area contributed by atoms with Gasteiger partial charge in [0, 0.05) is 12.6 Å². The van der Waals surface area contributed by atoms with E-state index in [4.69, 9.17) is 16.6 Å². The quantitative estimate of drug-likeness (QED) is 0.798. The van der Waals surface area contributed by atoms with Crippen LogP contribution in [0.5, 0.6) is 0 Å². The van der Waals surface area contributed by atoms with E-state index in [0.717, 1.165) is 42.3 Å². The van der Waals surface area contributed by atoms with Crippen LogP contribution in [-0.4, -0.2) is 35.7 Å². The minimum absolute atomic E-state index is 0.278. The van der Waals surface area contributed by atoms with E-state index in [1.807, 2.05) is 6.07 Å². The lowest BCUT2D eigenvalue weighted by Crippen LogP contribution is -2.47. The Labute approximate surface area is 150 Å². The van der Waals surface area contributed by atoms with Crippen molar-refractivity contribution < 1.29 is 4.42 Å². The molecule has 2 N–H and O–H groups in total. The van der Waals surface area contributed by atoms with Crippen LogP contribution in [0.2, 0.25) is 0 Å². The Morgan fingerprint density at radius 2 is 2.12 bits per heavy atom. The van der Waals surface area contributed by atoms with Gasteiger partial charge in [0.15, 0.2) is 5.11 Å². The van der Waals surface area contributed by atoms with Crippen molar-refractivity contribution >= 4 is 17.3 Å². The molecule has 4 rings (SSSR count). The Balaban J connectivity index is 1.32. The number of fused-ring (bicyclic) bond motifs is 2. The van der Waals surface area contributed by atoms with E-state index in [-0.39, 0.29) is 6.04 Å². The van der Waals surface area contributed by atoms with Crippen LogP contribution in [-0.2, 0) is 0 Å². The predicted molar refractivity (Wildman–Crippen MR) is 99.8 cm³/mol. The summed E-state index contributed by atoms with van der Waals surface area (Å²) >= 11 is 5.58. The van der Waals surface area contributed by atoms with Gasteiger partial charge in [0.25, 0.3) is 0 Å². The molecular weight excluding hydrogens is 318 g/mol. The Kier molecular flexibility index (Phi) is 5.09. The van der Waals surface area contributed by atoms with Crippen LogP contribution in [0.25, 0.3) is 0 Å². The molecule has 1 aromatic heterocycles. The molecule has 2 bridgehead atoms. The van der Waals surface area contributed by atoms with Crippen LogP contribution in [0.3, 0.4) is 0 Å². The van der Waals surface area contributed by atoms with Gasteiger partial charge in [-0.25, -0.2) is 0 Å². The zero-order chi connectivity index (χ0) is 16.4. The molecule has 2 heterocycles. The first-order chi connectivity index (χ1) is 11.8. The van der Waals surface area contributed by atoms with Crippen LogP contribution >= 0.6 is 12.2 Å². The van der Waals surface area contributed by atoms with Gasteiger partial charge >= 0.3 is 0 Å². The zero-order valence-corrected chi connectivity index (χ0v) is 15.2. The van der Waals surface area contributed by atoms with Crippen LogP contribution < -0.4 is 10.6 Å². The fourth-order valence-corrected chi connectivity index (χ4v) is 5.19. The van der Waals surface area contributed by atoms with E-state index in [0.29, 0.717) is 6.04 Å². The average Bonchev–Trinajstić information content (AvgIpc) is 3.34. The van der Waals surface area contributed by atoms with Gasteiger partial charge in [-0.3, -0.25) is 4.90 Å². The fraction of sp³-hybridized carbons (Fsp3) is 0.737. The number of furan rings is 1. The summed E-state index contributed by atoms with van der Waals surface area (Å²) in [5.41, 5.74) is 0.